The summed E-state index contributed by atoms with van der Waals surface area (Å²) in [5.41, 5.74) is 3.27. The fourth-order valence-electron chi connectivity index (χ4n) is 2.91. The number of halogens is 1. The van der Waals surface area contributed by atoms with E-state index in [2.05, 4.69) is 10.6 Å². The summed E-state index contributed by atoms with van der Waals surface area (Å²) in [6.45, 7) is 5.39. The molecule has 1 aromatic heterocycles. The number of fused-ring (bicyclic) bond motifs is 1. The number of amides is 2. The molecular formula is C20H19FN2O2S. The van der Waals surface area contributed by atoms with Crippen molar-refractivity contribution >= 4 is 38.9 Å². The normalized spacial score (nSPS) is 10.8. The Morgan fingerprint density at radius 1 is 1.04 bits per heavy atom. The van der Waals surface area contributed by atoms with E-state index in [4.69, 9.17) is 0 Å². The molecule has 2 amide bonds. The van der Waals surface area contributed by atoms with E-state index in [9.17, 15) is 14.0 Å². The molecule has 0 spiro atoms. The maximum atomic E-state index is 14.0. The summed E-state index contributed by atoms with van der Waals surface area (Å²) in [5, 5.41) is 5.90. The minimum Gasteiger partial charge on any atom is -0.342 e. The first-order chi connectivity index (χ1) is 12.4. The fourth-order valence-corrected chi connectivity index (χ4v) is 4.05. The molecule has 2 N–H and O–H groups in total. The van der Waals surface area contributed by atoms with Crippen LogP contribution in [0.4, 0.5) is 10.1 Å². The van der Waals surface area contributed by atoms with Gasteiger partial charge in [-0.25, -0.2) is 4.39 Å². The molecule has 4 nitrogen and oxygen atoms in total. The number of hydrogen-bond acceptors (Lipinski definition) is 3. The average molecular weight is 370 g/mol. The number of thiophene rings is 1. The first kappa shape index (κ1) is 18.1. The van der Waals surface area contributed by atoms with Crippen LogP contribution in [0.5, 0.6) is 0 Å². The van der Waals surface area contributed by atoms with Crippen molar-refractivity contribution in [2.75, 3.05) is 11.9 Å². The van der Waals surface area contributed by atoms with Crippen LogP contribution in [0.1, 0.15) is 26.4 Å². The first-order valence-corrected chi connectivity index (χ1v) is 9.02. The summed E-state index contributed by atoms with van der Waals surface area (Å²) in [4.78, 5) is 25.0. The topological polar surface area (TPSA) is 58.2 Å². The van der Waals surface area contributed by atoms with Crippen LogP contribution in [-0.4, -0.2) is 18.4 Å². The number of aryl methyl sites for hydroxylation is 3. The minimum absolute atomic E-state index is 0.150. The van der Waals surface area contributed by atoms with Crippen LogP contribution in [0.15, 0.2) is 36.4 Å². The van der Waals surface area contributed by atoms with E-state index in [0.29, 0.717) is 20.5 Å². The standard InChI is InChI=1S/C20H19FN2O2S/c1-11-6-4-7-12(2)18(11)23-16(24)10-22-20(25)19-13(3)17-14(21)8-5-9-15(17)26-19/h4-9H,10H2,1-3H3,(H,22,25)(H,23,24). The molecule has 3 rings (SSSR count). The van der Waals surface area contributed by atoms with Gasteiger partial charge in [0, 0.05) is 15.8 Å². The number of hydrogen-bond donors (Lipinski definition) is 2. The Kier molecular flexibility index (Phi) is 5.04. The van der Waals surface area contributed by atoms with Gasteiger partial charge in [0.05, 0.1) is 11.4 Å². The highest BCUT2D eigenvalue weighted by Gasteiger charge is 2.18. The molecule has 0 saturated carbocycles. The van der Waals surface area contributed by atoms with Gasteiger partial charge in [-0.2, -0.15) is 0 Å². The zero-order valence-electron chi connectivity index (χ0n) is 14.8. The molecule has 26 heavy (non-hydrogen) atoms. The van der Waals surface area contributed by atoms with Gasteiger partial charge in [-0.15, -0.1) is 11.3 Å². The zero-order chi connectivity index (χ0) is 18.8. The van der Waals surface area contributed by atoms with E-state index < -0.39 is 0 Å². The quantitative estimate of drug-likeness (QED) is 0.718. The summed E-state index contributed by atoms with van der Waals surface area (Å²) >= 11 is 1.22. The lowest BCUT2D eigenvalue weighted by Crippen LogP contribution is -2.33. The molecule has 0 radical (unpaired) electrons. The van der Waals surface area contributed by atoms with Crippen LogP contribution < -0.4 is 10.6 Å². The molecule has 0 aliphatic heterocycles. The summed E-state index contributed by atoms with van der Waals surface area (Å²) in [7, 11) is 0. The Bertz CT molecular complexity index is 990. The van der Waals surface area contributed by atoms with Crippen molar-refractivity contribution in [2.24, 2.45) is 0 Å². The van der Waals surface area contributed by atoms with Crippen molar-refractivity contribution < 1.29 is 14.0 Å². The monoisotopic (exact) mass is 370 g/mol. The Morgan fingerprint density at radius 3 is 2.35 bits per heavy atom. The van der Waals surface area contributed by atoms with E-state index >= 15 is 0 Å². The number of anilines is 1. The largest absolute Gasteiger partial charge is 0.342 e. The maximum Gasteiger partial charge on any atom is 0.262 e. The molecule has 0 atom stereocenters. The SMILES string of the molecule is Cc1cccc(C)c1NC(=O)CNC(=O)c1sc2cccc(F)c2c1C. The van der Waals surface area contributed by atoms with Gasteiger partial charge in [0.25, 0.3) is 5.91 Å². The van der Waals surface area contributed by atoms with Crippen molar-refractivity contribution in [3.8, 4) is 0 Å². The van der Waals surface area contributed by atoms with Crippen LogP contribution in [-0.2, 0) is 4.79 Å². The summed E-state index contributed by atoms with van der Waals surface area (Å²) < 4.78 is 14.7. The minimum atomic E-state index is -0.375. The number of nitrogens with one attached hydrogen (secondary N) is 2. The average Bonchev–Trinajstić information content (AvgIpc) is 2.94. The molecule has 0 aliphatic carbocycles. The number of benzene rings is 2. The van der Waals surface area contributed by atoms with Crippen molar-refractivity contribution in [3.63, 3.8) is 0 Å². The summed E-state index contributed by atoms with van der Waals surface area (Å²) in [6, 6.07) is 10.5. The molecule has 134 valence electrons. The van der Waals surface area contributed by atoms with Crippen molar-refractivity contribution in [1.82, 2.24) is 5.32 Å². The smallest absolute Gasteiger partial charge is 0.262 e. The van der Waals surface area contributed by atoms with E-state index in [0.717, 1.165) is 16.8 Å². The predicted octanol–water partition coefficient (Wildman–Crippen LogP) is 4.33. The van der Waals surface area contributed by atoms with Gasteiger partial charge >= 0.3 is 0 Å². The lowest BCUT2D eigenvalue weighted by atomic mass is 10.1. The predicted molar refractivity (Wildman–Crippen MR) is 103 cm³/mol. The maximum absolute atomic E-state index is 14.0. The van der Waals surface area contributed by atoms with Crippen LogP contribution >= 0.6 is 11.3 Å². The molecule has 0 fully saturated rings. The van der Waals surface area contributed by atoms with E-state index in [1.54, 1.807) is 19.1 Å². The van der Waals surface area contributed by atoms with Crippen LogP contribution in [0.3, 0.4) is 0 Å². The highest BCUT2D eigenvalue weighted by molar-refractivity contribution is 7.21. The third-order valence-corrected chi connectivity index (χ3v) is 5.52. The van der Waals surface area contributed by atoms with Crippen molar-refractivity contribution in [1.29, 1.82) is 0 Å². The molecular weight excluding hydrogens is 351 g/mol. The zero-order valence-corrected chi connectivity index (χ0v) is 15.6. The van der Waals surface area contributed by atoms with E-state index in [1.807, 2.05) is 32.0 Å². The molecule has 2 aromatic carbocycles. The molecule has 0 aliphatic rings. The summed E-state index contributed by atoms with van der Waals surface area (Å²) in [6.07, 6.45) is 0. The Labute approximate surface area is 155 Å². The number of rotatable bonds is 4. The molecule has 0 saturated heterocycles. The van der Waals surface area contributed by atoms with E-state index in [1.165, 1.54) is 17.4 Å². The van der Waals surface area contributed by atoms with Gasteiger partial charge in [-0.3, -0.25) is 9.59 Å². The highest BCUT2D eigenvalue weighted by atomic mass is 32.1. The van der Waals surface area contributed by atoms with Crippen LogP contribution in [0.2, 0.25) is 0 Å². The molecule has 0 bridgehead atoms. The van der Waals surface area contributed by atoms with Crippen molar-refractivity contribution in [3.05, 3.63) is 63.8 Å². The Hall–Kier alpha value is -2.73. The lowest BCUT2D eigenvalue weighted by Gasteiger charge is -2.11. The second-order valence-electron chi connectivity index (χ2n) is 6.17. The second-order valence-corrected chi connectivity index (χ2v) is 7.22. The Morgan fingerprint density at radius 2 is 1.69 bits per heavy atom. The second kappa shape index (κ2) is 7.25. The van der Waals surface area contributed by atoms with Gasteiger partial charge in [0.2, 0.25) is 5.91 Å². The first-order valence-electron chi connectivity index (χ1n) is 8.20. The molecule has 0 unspecified atom stereocenters. The van der Waals surface area contributed by atoms with Gasteiger partial charge < -0.3 is 10.6 Å². The number of carbonyl (C=O) groups excluding carboxylic acids is 2. The van der Waals surface area contributed by atoms with Gasteiger partial charge in [-0.1, -0.05) is 24.3 Å². The number of carbonyl (C=O) groups is 2. The molecule has 3 aromatic rings. The van der Waals surface area contributed by atoms with Gasteiger partial charge in [-0.05, 0) is 49.6 Å². The summed E-state index contributed by atoms with van der Waals surface area (Å²) in [5.74, 6) is -1.02. The third-order valence-electron chi connectivity index (χ3n) is 4.26. The van der Waals surface area contributed by atoms with Gasteiger partial charge in [0.15, 0.2) is 0 Å². The lowest BCUT2D eigenvalue weighted by molar-refractivity contribution is -0.115. The van der Waals surface area contributed by atoms with Crippen LogP contribution in [0, 0.1) is 26.6 Å². The Balaban J connectivity index is 1.70. The van der Waals surface area contributed by atoms with E-state index in [-0.39, 0.29) is 24.2 Å². The molecule has 6 heteroatoms. The molecule has 1 heterocycles. The van der Waals surface area contributed by atoms with Gasteiger partial charge in [0.1, 0.15) is 5.82 Å². The fraction of sp³-hybridized carbons (Fsp3) is 0.200. The van der Waals surface area contributed by atoms with Crippen molar-refractivity contribution in [2.45, 2.75) is 20.8 Å². The third kappa shape index (κ3) is 3.46. The van der Waals surface area contributed by atoms with Crippen LogP contribution in [0.25, 0.3) is 10.1 Å². The number of para-hydroxylation sites is 1. The highest BCUT2D eigenvalue weighted by Crippen LogP contribution is 2.32.